The summed E-state index contributed by atoms with van der Waals surface area (Å²) in [6.45, 7) is 1.75. The molecule has 0 unspecified atom stereocenters. The summed E-state index contributed by atoms with van der Waals surface area (Å²) >= 11 is 0. The molecule has 5 atom stereocenters. The Kier molecular flexibility index (Phi) is 2.45. The maximum Gasteiger partial charge on any atom is 0.240 e. The number of nitrogens with zero attached hydrogens (tertiary/aromatic N) is 1. The molecule has 3 aliphatic rings. The van der Waals surface area contributed by atoms with Gasteiger partial charge in [0.1, 0.15) is 6.04 Å². The van der Waals surface area contributed by atoms with Crippen molar-refractivity contribution in [3.05, 3.63) is 0 Å². The van der Waals surface area contributed by atoms with E-state index in [0.717, 1.165) is 17.7 Å². The molecule has 2 bridgehead atoms. The van der Waals surface area contributed by atoms with Crippen LogP contribution >= 0.6 is 0 Å². The average Bonchev–Trinajstić information content (AvgIpc) is 2.98. The number of carbonyl (C=O) groups excluding carboxylic acids is 3. The number of primary amides is 1. The molecule has 6 heteroatoms. The van der Waals surface area contributed by atoms with Crippen LogP contribution in [0.3, 0.4) is 0 Å². The second kappa shape index (κ2) is 3.78. The number of rotatable bonds is 3. The molecule has 3 saturated heterocycles. The van der Waals surface area contributed by atoms with Gasteiger partial charge in [-0.1, -0.05) is 6.92 Å². The van der Waals surface area contributed by atoms with Crippen molar-refractivity contribution in [2.45, 2.75) is 44.4 Å². The fraction of sp³-hybridized carbons (Fsp3) is 0.750. The van der Waals surface area contributed by atoms with Gasteiger partial charge in [-0.25, -0.2) is 0 Å². The minimum atomic E-state index is -0.810. The molecule has 3 rings (SSSR count). The summed E-state index contributed by atoms with van der Waals surface area (Å²) < 4.78 is 5.62. The first kappa shape index (κ1) is 11.6. The van der Waals surface area contributed by atoms with Crippen LogP contribution in [-0.4, -0.2) is 40.9 Å². The normalized spacial score (nSPS) is 39.3. The molecule has 0 radical (unpaired) electrons. The summed E-state index contributed by atoms with van der Waals surface area (Å²) in [6.07, 6.45) is 1.72. The lowest BCUT2D eigenvalue weighted by Gasteiger charge is -2.24. The van der Waals surface area contributed by atoms with Crippen molar-refractivity contribution in [2.75, 3.05) is 0 Å². The van der Waals surface area contributed by atoms with E-state index in [-0.39, 0.29) is 35.9 Å². The van der Waals surface area contributed by atoms with Gasteiger partial charge in [0.2, 0.25) is 17.7 Å². The zero-order valence-corrected chi connectivity index (χ0v) is 10.2. The van der Waals surface area contributed by atoms with Crippen LogP contribution in [0.2, 0.25) is 0 Å². The fourth-order valence-electron chi connectivity index (χ4n) is 3.55. The summed E-state index contributed by atoms with van der Waals surface area (Å²) in [5.41, 5.74) is 5.27. The lowest BCUT2D eigenvalue weighted by atomic mass is 9.81. The summed E-state index contributed by atoms with van der Waals surface area (Å²) in [5, 5.41) is 0. The smallest absolute Gasteiger partial charge is 0.240 e. The Labute approximate surface area is 104 Å². The molecule has 3 aliphatic heterocycles. The van der Waals surface area contributed by atoms with Crippen LogP contribution in [0.5, 0.6) is 0 Å². The van der Waals surface area contributed by atoms with E-state index in [1.54, 1.807) is 6.92 Å². The van der Waals surface area contributed by atoms with Crippen LogP contribution in [0.25, 0.3) is 0 Å². The summed E-state index contributed by atoms with van der Waals surface area (Å²) in [4.78, 5) is 37.1. The van der Waals surface area contributed by atoms with Crippen molar-refractivity contribution in [1.29, 1.82) is 0 Å². The SMILES string of the molecule is CC[C@H](C(N)=O)N1C(=O)[C@@H]2[C@H](C1=O)[C@@H]1CC[C@@H]2O1. The van der Waals surface area contributed by atoms with Crippen LogP contribution in [0.15, 0.2) is 0 Å². The van der Waals surface area contributed by atoms with E-state index >= 15 is 0 Å². The van der Waals surface area contributed by atoms with Gasteiger partial charge >= 0.3 is 0 Å². The third-order valence-corrected chi connectivity index (χ3v) is 4.35. The number of fused-ring (bicyclic) bond motifs is 5. The Balaban J connectivity index is 1.93. The molecule has 3 fully saturated rings. The van der Waals surface area contributed by atoms with Gasteiger partial charge in [-0.15, -0.1) is 0 Å². The zero-order chi connectivity index (χ0) is 13.0. The van der Waals surface area contributed by atoms with Crippen molar-refractivity contribution in [2.24, 2.45) is 17.6 Å². The van der Waals surface area contributed by atoms with Gasteiger partial charge in [-0.2, -0.15) is 0 Å². The predicted octanol–water partition coefficient (Wildman–Crippen LogP) is -0.587. The maximum absolute atomic E-state index is 12.3. The van der Waals surface area contributed by atoms with Crippen molar-refractivity contribution < 1.29 is 19.1 Å². The van der Waals surface area contributed by atoms with Crippen LogP contribution in [-0.2, 0) is 19.1 Å². The standard InChI is InChI=1S/C12H16N2O4/c1-2-5(10(13)15)14-11(16)8-6-3-4-7(18-6)9(8)12(14)17/h5-9H,2-4H2,1H3,(H2,13,15)/t5-,6+,7+,8-,9+/m1/s1. The number of ether oxygens (including phenoxy) is 1. The molecule has 0 aromatic heterocycles. The van der Waals surface area contributed by atoms with Gasteiger partial charge < -0.3 is 10.5 Å². The molecule has 0 saturated carbocycles. The summed E-state index contributed by atoms with van der Waals surface area (Å²) in [5.74, 6) is -1.94. The molecule has 3 amide bonds. The van der Waals surface area contributed by atoms with Crippen molar-refractivity contribution in [3.8, 4) is 0 Å². The topological polar surface area (TPSA) is 89.7 Å². The summed E-state index contributed by atoms with van der Waals surface area (Å²) in [6, 6.07) is -0.810. The zero-order valence-electron chi connectivity index (χ0n) is 10.2. The van der Waals surface area contributed by atoms with Gasteiger partial charge in [0, 0.05) is 0 Å². The number of imide groups is 1. The fourth-order valence-corrected chi connectivity index (χ4v) is 3.55. The molecule has 0 aromatic carbocycles. The number of hydrogen-bond donors (Lipinski definition) is 1. The van der Waals surface area contributed by atoms with Gasteiger partial charge in [0.05, 0.1) is 24.0 Å². The largest absolute Gasteiger partial charge is 0.373 e. The second-order valence-corrected chi connectivity index (χ2v) is 5.21. The van der Waals surface area contributed by atoms with Crippen LogP contribution in [0.4, 0.5) is 0 Å². The van der Waals surface area contributed by atoms with E-state index in [9.17, 15) is 14.4 Å². The molecular formula is C12H16N2O4. The van der Waals surface area contributed by atoms with Crippen molar-refractivity contribution in [3.63, 3.8) is 0 Å². The van der Waals surface area contributed by atoms with Crippen LogP contribution < -0.4 is 5.73 Å². The first-order chi connectivity index (χ1) is 8.56. The number of carbonyl (C=O) groups is 3. The monoisotopic (exact) mass is 252 g/mol. The van der Waals surface area contributed by atoms with E-state index < -0.39 is 11.9 Å². The number of amides is 3. The quantitative estimate of drug-likeness (QED) is 0.680. The molecular weight excluding hydrogens is 236 g/mol. The molecule has 0 aromatic rings. The Bertz CT molecular complexity index is 408. The molecule has 2 N–H and O–H groups in total. The number of nitrogens with two attached hydrogens (primary N) is 1. The molecule has 18 heavy (non-hydrogen) atoms. The van der Waals surface area contributed by atoms with Crippen LogP contribution in [0.1, 0.15) is 26.2 Å². The van der Waals surface area contributed by atoms with E-state index in [1.165, 1.54) is 0 Å². The lowest BCUT2D eigenvalue weighted by molar-refractivity contribution is -0.149. The minimum absolute atomic E-state index is 0.146. The van der Waals surface area contributed by atoms with Gasteiger partial charge in [-0.05, 0) is 19.3 Å². The minimum Gasteiger partial charge on any atom is -0.373 e. The number of hydrogen-bond acceptors (Lipinski definition) is 4. The highest BCUT2D eigenvalue weighted by atomic mass is 16.5. The molecule has 6 nitrogen and oxygen atoms in total. The Morgan fingerprint density at radius 1 is 1.33 bits per heavy atom. The van der Waals surface area contributed by atoms with E-state index in [1.807, 2.05) is 0 Å². The highest BCUT2D eigenvalue weighted by molar-refractivity contribution is 6.09. The molecule has 0 aliphatic carbocycles. The first-order valence-electron chi connectivity index (χ1n) is 6.38. The number of likely N-dealkylation sites (tertiary alicyclic amines) is 1. The maximum atomic E-state index is 12.3. The average molecular weight is 252 g/mol. The van der Waals surface area contributed by atoms with Gasteiger partial charge in [0.25, 0.3) is 0 Å². The summed E-state index contributed by atoms with van der Waals surface area (Å²) in [7, 11) is 0. The van der Waals surface area contributed by atoms with Gasteiger partial charge in [0.15, 0.2) is 0 Å². The predicted molar refractivity (Wildman–Crippen MR) is 60.0 cm³/mol. The Morgan fingerprint density at radius 3 is 2.22 bits per heavy atom. The van der Waals surface area contributed by atoms with E-state index in [2.05, 4.69) is 0 Å². The first-order valence-corrected chi connectivity index (χ1v) is 6.38. The van der Waals surface area contributed by atoms with Crippen molar-refractivity contribution >= 4 is 17.7 Å². The lowest BCUT2D eigenvalue weighted by Crippen LogP contribution is -2.49. The van der Waals surface area contributed by atoms with E-state index in [0.29, 0.717) is 6.42 Å². The molecule has 98 valence electrons. The third-order valence-electron chi connectivity index (χ3n) is 4.35. The van der Waals surface area contributed by atoms with Crippen LogP contribution in [0, 0.1) is 11.8 Å². The molecule has 3 heterocycles. The Hall–Kier alpha value is -1.43. The second-order valence-electron chi connectivity index (χ2n) is 5.21. The highest BCUT2D eigenvalue weighted by Gasteiger charge is 2.63. The Morgan fingerprint density at radius 2 is 1.83 bits per heavy atom. The van der Waals surface area contributed by atoms with Gasteiger partial charge in [-0.3, -0.25) is 19.3 Å². The van der Waals surface area contributed by atoms with Crippen molar-refractivity contribution in [1.82, 2.24) is 4.90 Å². The third kappa shape index (κ3) is 1.29. The van der Waals surface area contributed by atoms with E-state index in [4.69, 9.17) is 10.5 Å². The highest BCUT2D eigenvalue weighted by Crippen LogP contribution is 2.48. The molecule has 0 spiro atoms.